The maximum absolute atomic E-state index is 14.2. The summed E-state index contributed by atoms with van der Waals surface area (Å²) >= 11 is 0. The first-order chi connectivity index (χ1) is 16.1. The number of nitrogens with one attached hydrogen (secondary N) is 1. The number of aryl methyl sites for hydroxylation is 1. The van der Waals surface area contributed by atoms with E-state index in [1.54, 1.807) is 9.80 Å². The molecule has 0 saturated carbocycles. The average Bonchev–Trinajstić information content (AvgIpc) is 2.77. The van der Waals surface area contributed by atoms with Crippen LogP contribution < -0.4 is 15.0 Å². The predicted octanol–water partition coefficient (Wildman–Crippen LogP) is 5.30. The maximum Gasteiger partial charge on any atom is 0.388 e. The summed E-state index contributed by atoms with van der Waals surface area (Å²) in [7, 11) is 0. The van der Waals surface area contributed by atoms with Crippen molar-refractivity contribution < 1.29 is 27.5 Å². The van der Waals surface area contributed by atoms with Gasteiger partial charge in [-0.1, -0.05) is 32.0 Å². The number of hydrogen-bond acceptors (Lipinski definition) is 4. The number of carbonyl (C=O) groups excluding carboxylic acids is 2. The van der Waals surface area contributed by atoms with Gasteiger partial charge in [-0.2, -0.15) is 8.78 Å². The van der Waals surface area contributed by atoms with Gasteiger partial charge in [0.15, 0.2) is 0 Å². The van der Waals surface area contributed by atoms with Crippen molar-refractivity contribution in [1.29, 1.82) is 0 Å². The molecule has 34 heavy (non-hydrogen) atoms. The molecule has 3 rings (SSSR count). The molecular formula is C24H29F3N4O3. The highest BCUT2D eigenvalue weighted by atomic mass is 19.3. The first-order valence-corrected chi connectivity index (χ1v) is 11.1. The minimum absolute atomic E-state index is 0.0352. The van der Waals surface area contributed by atoms with Crippen LogP contribution in [0.3, 0.4) is 0 Å². The Balaban J connectivity index is 1.99. The lowest BCUT2D eigenvalue weighted by Crippen LogP contribution is -2.50. The molecule has 0 bridgehead atoms. The number of anilines is 2. The molecule has 0 spiro atoms. The molecule has 1 saturated heterocycles. The molecule has 1 N–H and O–H groups in total. The Hall–Kier alpha value is -3.30. The van der Waals surface area contributed by atoms with Crippen molar-refractivity contribution in [2.45, 2.75) is 59.1 Å². The number of likely N-dealkylation sites (tertiary alicyclic amines) is 1. The van der Waals surface area contributed by atoms with Crippen molar-refractivity contribution in [3.05, 3.63) is 47.4 Å². The molecule has 0 radical (unpaired) electrons. The molecule has 0 atom stereocenters. The summed E-state index contributed by atoms with van der Waals surface area (Å²) in [5.74, 6) is -1.27. The fourth-order valence-corrected chi connectivity index (χ4v) is 4.10. The fraction of sp³-hybridized carbons (Fsp3) is 0.458. The van der Waals surface area contributed by atoms with Crippen molar-refractivity contribution in [3.63, 3.8) is 0 Å². The number of amides is 3. The maximum atomic E-state index is 14.2. The highest BCUT2D eigenvalue weighted by molar-refractivity contribution is 6.03. The largest absolute Gasteiger partial charge is 0.415 e. The highest BCUT2D eigenvalue weighted by Gasteiger charge is 2.32. The van der Waals surface area contributed by atoms with Crippen LogP contribution in [0.25, 0.3) is 0 Å². The minimum atomic E-state index is -3.19. The Morgan fingerprint density at radius 2 is 1.85 bits per heavy atom. The zero-order chi connectivity index (χ0) is 25.0. The number of carbonyl (C=O) groups is 2. The molecule has 3 amide bonds. The van der Waals surface area contributed by atoms with E-state index in [9.17, 15) is 22.8 Å². The van der Waals surface area contributed by atoms with Crippen molar-refractivity contribution in [2.75, 3.05) is 23.3 Å². The van der Waals surface area contributed by atoms with Gasteiger partial charge in [0.05, 0.1) is 5.69 Å². The number of pyridine rings is 1. The number of benzene rings is 1. The number of urea groups is 1. The molecule has 1 aromatic carbocycles. The van der Waals surface area contributed by atoms with E-state index < -0.39 is 24.3 Å². The Labute approximate surface area is 196 Å². The van der Waals surface area contributed by atoms with Crippen LogP contribution in [0.4, 0.5) is 29.3 Å². The van der Waals surface area contributed by atoms with Crippen molar-refractivity contribution >= 4 is 23.3 Å². The van der Waals surface area contributed by atoms with Gasteiger partial charge in [0, 0.05) is 37.8 Å². The number of para-hydroxylation sites is 1. The Bertz CT molecular complexity index is 1040. The lowest BCUT2D eigenvalue weighted by atomic mass is 9.97. The average molecular weight is 479 g/mol. The quantitative estimate of drug-likeness (QED) is 0.611. The molecule has 1 aliphatic rings. The third-order valence-corrected chi connectivity index (χ3v) is 5.87. The van der Waals surface area contributed by atoms with E-state index in [0.717, 1.165) is 11.6 Å². The molecule has 0 aliphatic carbocycles. The standard InChI is InChI=1S/C24H29F3N4O3/c1-14(2)18-7-5-6-8-21(18)31(17-9-11-30(12-10-17)16(4)32)24(33)29-20-13-19(25)15(3)28-22(20)34-23(26)27/h5-8,13-14,17,23H,9-12H2,1-4H3,(H,29,33). The van der Waals surface area contributed by atoms with E-state index in [1.807, 2.05) is 38.1 Å². The summed E-state index contributed by atoms with van der Waals surface area (Å²) in [5.41, 5.74) is 1.16. The predicted molar refractivity (Wildman–Crippen MR) is 123 cm³/mol. The van der Waals surface area contributed by atoms with Crippen molar-refractivity contribution in [1.82, 2.24) is 9.88 Å². The monoisotopic (exact) mass is 478 g/mol. The third kappa shape index (κ3) is 5.78. The molecule has 1 fully saturated rings. The van der Waals surface area contributed by atoms with Gasteiger partial charge in [-0.15, -0.1) is 0 Å². The van der Waals surface area contributed by atoms with Gasteiger partial charge < -0.3 is 15.0 Å². The van der Waals surface area contributed by atoms with E-state index >= 15 is 0 Å². The van der Waals surface area contributed by atoms with Crippen LogP contribution in [0.1, 0.15) is 50.8 Å². The lowest BCUT2D eigenvalue weighted by Gasteiger charge is -2.39. The van der Waals surface area contributed by atoms with Crippen molar-refractivity contribution in [2.24, 2.45) is 0 Å². The topological polar surface area (TPSA) is 74.8 Å². The van der Waals surface area contributed by atoms with E-state index in [2.05, 4.69) is 15.0 Å². The second kappa shape index (κ2) is 10.8. The number of halogens is 3. The number of hydrogen-bond donors (Lipinski definition) is 1. The molecular weight excluding hydrogens is 449 g/mol. The first-order valence-electron chi connectivity index (χ1n) is 11.1. The SMILES string of the molecule is CC(=O)N1CCC(N(C(=O)Nc2cc(F)c(C)nc2OC(F)F)c2ccccc2C(C)C)CC1. The highest BCUT2D eigenvalue weighted by Crippen LogP contribution is 2.33. The fourth-order valence-electron chi connectivity index (χ4n) is 4.10. The lowest BCUT2D eigenvalue weighted by molar-refractivity contribution is -0.129. The van der Waals surface area contributed by atoms with E-state index in [4.69, 9.17) is 0 Å². The van der Waals surface area contributed by atoms with Crippen LogP contribution in [0.2, 0.25) is 0 Å². The third-order valence-electron chi connectivity index (χ3n) is 5.87. The van der Waals surface area contributed by atoms with Crippen LogP contribution in [0, 0.1) is 12.7 Å². The van der Waals surface area contributed by atoms with Gasteiger partial charge >= 0.3 is 12.6 Å². The van der Waals surface area contributed by atoms with Gasteiger partial charge in [0.25, 0.3) is 0 Å². The summed E-state index contributed by atoms with van der Waals surface area (Å²) in [6.45, 7) is 4.58. The summed E-state index contributed by atoms with van der Waals surface area (Å²) in [4.78, 5) is 32.4. The van der Waals surface area contributed by atoms with Crippen LogP contribution in [-0.2, 0) is 4.79 Å². The Morgan fingerprint density at radius 1 is 1.21 bits per heavy atom. The molecule has 1 aliphatic heterocycles. The summed E-state index contributed by atoms with van der Waals surface area (Å²) in [6, 6.07) is 7.45. The van der Waals surface area contributed by atoms with E-state index in [1.165, 1.54) is 13.8 Å². The van der Waals surface area contributed by atoms with Gasteiger partial charge in [0.1, 0.15) is 11.5 Å². The number of ether oxygens (including phenoxy) is 1. The normalized spacial score (nSPS) is 14.4. The number of aromatic nitrogens is 1. The second-order valence-electron chi connectivity index (χ2n) is 8.54. The number of alkyl halides is 2. The molecule has 0 unspecified atom stereocenters. The van der Waals surface area contributed by atoms with Crippen LogP contribution in [-0.4, -0.2) is 47.6 Å². The zero-order valence-corrected chi connectivity index (χ0v) is 19.6. The van der Waals surface area contributed by atoms with Gasteiger partial charge in [-0.05, 0) is 37.3 Å². The number of piperidine rings is 1. The molecule has 10 heteroatoms. The minimum Gasteiger partial charge on any atom is -0.415 e. The number of nitrogens with zero attached hydrogens (tertiary/aromatic N) is 3. The molecule has 184 valence electrons. The summed E-state index contributed by atoms with van der Waals surface area (Å²) in [6.07, 6.45) is 1.06. The van der Waals surface area contributed by atoms with Crippen LogP contribution in [0.5, 0.6) is 5.88 Å². The molecule has 1 aromatic heterocycles. The summed E-state index contributed by atoms with van der Waals surface area (Å²) < 4.78 is 44.5. The molecule has 2 aromatic rings. The number of rotatable bonds is 6. The van der Waals surface area contributed by atoms with Crippen LogP contribution >= 0.6 is 0 Å². The Morgan fingerprint density at radius 3 is 2.44 bits per heavy atom. The van der Waals surface area contributed by atoms with Gasteiger partial charge in [-0.25, -0.2) is 14.2 Å². The zero-order valence-electron chi connectivity index (χ0n) is 19.6. The van der Waals surface area contributed by atoms with Crippen LogP contribution in [0.15, 0.2) is 30.3 Å². The van der Waals surface area contributed by atoms with E-state index in [0.29, 0.717) is 31.6 Å². The first kappa shape index (κ1) is 25.3. The van der Waals surface area contributed by atoms with Gasteiger partial charge in [-0.3, -0.25) is 9.69 Å². The van der Waals surface area contributed by atoms with Crippen molar-refractivity contribution in [3.8, 4) is 5.88 Å². The smallest absolute Gasteiger partial charge is 0.388 e. The Kier molecular flexibility index (Phi) is 8.01. The summed E-state index contributed by atoms with van der Waals surface area (Å²) in [5, 5.41) is 2.53. The molecule has 7 nitrogen and oxygen atoms in total. The van der Waals surface area contributed by atoms with E-state index in [-0.39, 0.29) is 29.2 Å². The second-order valence-corrected chi connectivity index (χ2v) is 8.54. The molecule has 2 heterocycles. The van der Waals surface area contributed by atoms with Gasteiger partial charge in [0.2, 0.25) is 11.8 Å².